The predicted octanol–water partition coefficient (Wildman–Crippen LogP) is 4.97. The van der Waals surface area contributed by atoms with Crippen molar-refractivity contribution in [2.75, 3.05) is 7.05 Å². The largest absolute Gasteiger partial charge is 0.335 e. The van der Waals surface area contributed by atoms with Crippen molar-refractivity contribution >= 4 is 28.3 Å². The van der Waals surface area contributed by atoms with Gasteiger partial charge in [-0.1, -0.05) is 12.1 Å². The van der Waals surface area contributed by atoms with E-state index in [9.17, 15) is 4.79 Å². The van der Waals surface area contributed by atoms with Crippen molar-refractivity contribution in [3.05, 3.63) is 65.4 Å². The molecular weight excluding hydrogens is 382 g/mol. The molecule has 1 amide bonds. The third-order valence-corrected chi connectivity index (χ3v) is 6.02. The van der Waals surface area contributed by atoms with Crippen LogP contribution in [-0.4, -0.2) is 37.6 Å². The van der Waals surface area contributed by atoms with Gasteiger partial charge in [0.1, 0.15) is 0 Å². The first-order valence-electron chi connectivity index (χ1n) is 9.56. The first-order chi connectivity index (χ1) is 14.0. The Balaban J connectivity index is 1.82. The third-order valence-electron chi connectivity index (χ3n) is 5.13. The van der Waals surface area contributed by atoms with Gasteiger partial charge in [0.2, 0.25) is 0 Å². The van der Waals surface area contributed by atoms with E-state index in [1.807, 2.05) is 54.4 Å². The van der Waals surface area contributed by atoms with E-state index in [2.05, 4.69) is 23.9 Å². The predicted molar refractivity (Wildman–Crippen MR) is 116 cm³/mol. The molecule has 0 saturated carbocycles. The molecule has 0 aliphatic heterocycles. The smallest absolute Gasteiger partial charge is 0.254 e. The molecule has 0 saturated heterocycles. The van der Waals surface area contributed by atoms with Crippen LogP contribution in [0, 0.1) is 0 Å². The summed E-state index contributed by atoms with van der Waals surface area (Å²) >= 11 is 1.61. The van der Waals surface area contributed by atoms with Gasteiger partial charge < -0.3 is 4.90 Å². The van der Waals surface area contributed by atoms with Crippen LogP contribution in [0.2, 0.25) is 0 Å². The normalized spacial score (nSPS) is 12.4. The second-order valence-corrected chi connectivity index (χ2v) is 8.28. The average molecular weight is 406 g/mol. The number of rotatable bonds is 5. The van der Waals surface area contributed by atoms with E-state index in [4.69, 9.17) is 4.98 Å². The molecule has 6 nitrogen and oxygen atoms in total. The lowest BCUT2D eigenvalue weighted by Crippen LogP contribution is -2.30. The molecule has 1 atom stereocenters. The lowest BCUT2D eigenvalue weighted by Gasteiger charge is -2.25. The number of carbonyl (C=O) groups excluding carboxylic acids is 1. The maximum absolute atomic E-state index is 13.5. The van der Waals surface area contributed by atoms with Crippen LogP contribution in [0.1, 0.15) is 48.8 Å². The van der Waals surface area contributed by atoms with E-state index in [0.29, 0.717) is 5.56 Å². The number of pyridine rings is 2. The molecule has 0 bridgehead atoms. The standard InChI is InChI=1S/C22H23N5OS/c1-14(2)27-21-18(13-24-27)17(11-19(25-21)20-8-6-10-29-20)22(28)26(4)15(3)16-7-5-9-23-12-16/h5-15H,1-4H3. The highest BCUT2D eigenvalue weighted by atomic mass is 32.1. The molecule has 0 aromatic carbocycles. The van der Waals surface area contributed by atoms with Crippen molar-refractivity contribution in [3.63, 3.8) is 0 Å². The van der Waals surface area contributed by atoms with Crippen LogP contribution >= 0.6 is 11.3 Å². The van der Waals surface area contributed by atoms with Crippen LogP contribution < -0.4 is 0 Å². The lowest BCUT2D eigenvalue weighted by molar-refractivity contribution is 0.0744. The number of hydrogen-bond acceptors (Lipinski definition) is 5. The topological polar surface area (TPSA) is 63.9 Å². The fourth-order valence-electron chi connectivity index (χ4n) is 3.34. The summed E-state index contributed by atoms with van der Waals surface area (Å²) in [6.45, 7) is 6.12. The Kier molecular flexibility index (Phi) is 5.15. The Morgan fingerprint density at radius 3 is 2.66 bits per heavy atom. The summed E-state index contributed by atoms with van der Waals surface area (Å²) in [6.07, 6.45) is 5.28. The number of thiophene rings is 1. The quantitative estimate of drug-likeness (QED) is 0.470. The highest BCUT2D eigenvalue weighted by Gasteiger charge is 2.24. The summed E-state index contributed by atoms with van der Waals surface area (Å²) in [5.74, 6) is -0.0603. The number of nitrogens with zero attached hydrogens (tertiary/aromatic N) is 5. The second-order valence-electron chi connectivity index (χ2n) is 7.33. The van der Waals surface area contributed by atoms with Gasteiger partial charge >= 0.3 is 0 Å². The zero-order valence-corrected chi connectivity index (χ0v) is 17.7. The van der Waals surface area contributed by atoms with Crippen molar-refractivity contribution in [3.8, 4) is 10.6 Å². The molecule has 0 radical (unpaired) electrons. The molecule has 0 aliphatic rings. The summed E-state index contributed by atoms with van der Waals surface area (Å²) in [5.41, 5.74) is 3.13. The summed E-state index contributed by atoms with van der Waals surface area (Å²) in [4.78, 5) is 25.3. The SMILES string of the molecule is CC(c1cccnc1)N(C)C(=O)c1cc(-c2cccs2)nc2c1cnn2C(C)C. The van der Waals surface area contributed by atoms with E-state index in [-0.39, 0.29) is 18.0 Å². The van der Waals surface area contributed by atoms with Gasteiger partial charge in [-0.3, -0.25) is 9.78 Å². The molecule has 4 aromatic heterocycles. The number of carbonyl (C=O) groups is 1. The molecule has 1 unspecified atom stereocenters. The first kappa shape index (κ1) is 19.3. The Labute approximate surface area is 173 Å². The van der Waals surface area contributed by atoms with Crippen molar-refractivity contribution in [2.45, 2.75) is 32.9 Å². The van der Waals surface area contributed by atoms with Gasteiger partial charge in [-0.25, -0.2) is 9.67 Å². The number of aromatic nitrogens is 4. The Bertz CT molecular complexity index is 1130. The molecule has 7 heteroatoms. The minimum Gasteiger partial charge on any atom is -0.335 e. The number of fused-ring (bicyclic) bond motifs is 1. The van der Waals surface area contributed by atoms with E-state index in [1.54, 1.807) is 34.8 Å². The molecule has 4 aromatic rings. The van der Waals surface area contributed by atoms with Gasteiger partial charge in [-0.2, -0.15) is 5.10 Å². The van der Waals surface area contributed by atoms with E-state index in [1.165, 1.54) is 0 Å². The molecule has 29 heavy (non-hydrogen) atoms. The average Bonchev–Trinajstić information content (AvgIpc) is 3.42. The zero-order chi connectivity index (χ0) is 20.5. The zero-order valence-electron chi connectivity index (χ0n) is 16.9. The molecule has 4 heterocycles. The Hall–Kier alpha value is -3.06. The first-order valence-corrected chi connectivity index (χ1v) is 10.4. The number of hydrogen-bond donors (Lipinski definition) is 0. The molecular formula is C22H23N5OS. The fourth-order valence-corrected chi connectivity index (χ4v) is 4.02. The van der Waals surface area contributed by atoms with E-state index < -0.39 is 0 Å². The molecule has 148 valence electrons. The van der Waals surface area contributed by atoms with Gasteiger partial charge in [0.15, 0.2) is 5.65 Å². The minimum absolute atomic E-state index is 0.0603. The van der Waals surface area contributed by atoms with Gasteiger partial charge in [0.25, 0.3) is 5.91 Å². The maximum Gasteiger partial charge on any atom is 0.254 e. The van der Waals surface area contributed by atoms with Crippen LogP contribution in [0.5, 0.6) is 0 Å². The highest BCUT2D eigenvalue weighted by molar-refractivity contribution is 7.13. The Morgan fingerprint density at radius 1 is 1.17 bits per heavy atom. The maximum atomic E-state index is 13.5. The van der Waals surface area contributed by atoms with Crippen molar-refractivity contribution in [1.29, 1.82) is 0 Å². The summed E-state index contributed by atoms with van der Waals surface area (Å²) < 4.78 is 1.87. The minimum atomic E-state index is -0.107. The van der Waals surface area contributed by atoms with Gasteiger partial charge in [-0.05, 0) is 49.9 Å². The van der Waals surface area contributed by atoms with Gasteiger partial charge in [0, 0.05) is 25.5 Å². The van der Waals surface area contributed by atoms with Crippen LogP contribution in [-0.2, 0) is 0 Å². The molecule has 0 fully saturated rings. The molecule has 0 spiro atoms. The van der Waals surface area contributed by atoms with Gasteiger partial charge in [-0.15, -0.1) is 11.3 Å². The molecule has 4 rings (SSSR count). The second kappa shape index (κ2) is 7.75. The Morgan fingerprint density at radius 2 is 2.00 bits per heavy atom. The summed E-state index contributed by atoms with van der Waals surface area (Å²) in [6, 6.07) is 9.80. The van der Waals surface area contributed by atoms with E-state index >= 15 is 0 Å². The highest BCUT2D eigenvalue weighted by Crippen LogP contribution is 2.30. The molecule has 0 N–H and O–H groups in total. The van der Waals surface area contributed by atoms with Crippen LogP contribution in [0.3, 0.4) is 0 Å². The van der Waals surface area contributed by atoms with Crippen LogP contribution in [0.25, 0.3) is 21.6 Å². The van der Waals surface area contributed by atoms with Gasteiger partial charge in [0.05, 0.1) is 33.8 Å². The lowest BCUT2D eigenvalue weighted by atomic mass is 10.1. The van der Waals surface area contributed by atoms with Crippen molar-refractivity contribution < 1.29 is 4.79 Å². The third kappa shape index (κ3) is 3.53. The summed E-state index contributed by atoms with van der Waals surface area (Å²) in [7, 11) is 1.82. The number of amides is 1. The molecule has 0 aliphatic carbocycles. The monoisotopic (exact) mass is 405 g/mol. The fraction of sp³-hybridized carbons (Fsp3) is 0.273. The van der Waals surface area contributed by atoms with E-state index in [0.717, 1.165) is 27.2 Å². The van der Waals surface area contributed by atoms with Crippen LogP contribution in [0.4, 0.5) is 0 Å². The van der Waals surface area contributed by atoms with Crippen molar-refractivity contribution in [2.24, 2.45) is 0 Å². The summed E-state index contributed by atoms with van der Waals surface area (Å²) in [5, 5.41) is 7.28. The van der Waals surface area contributed by atoms with Crippen LogP contribution in [0.15, 0.2) is 54.3 Å². The van der Waals surface area contributed by atoms with Crippen molar-refractivity contribution in [1.82, 2.24) is 24.6 Å².